The third kappa shape index (κ3) is 3.79. The number of imidazole rings is 1. The van der Waals surface area contributed by atoms with E-state index in [0.717, 1.165) is 22.2 Å². The van der Waals surface area contributed by atoms with Crippen LogP contribution in [0.2, 0.25) is 0 Å². The molecule has 32 heavy (non-hydrogen) atoms. The van der Waals surface area contributed by atoms with Crippen molar-refractivity contribution < 1.29 is 12.9 Å². The first-order valence-corrected chi connectivity index (χ1v) is 11.4. The molecule has 0 saturated heterocycles. The fourth-order valence-corrected chi connectivity index (χ4v) is 4.22. The lowest BCUT2D eigenvalue weighted by atomic mass is 10.1. The molecule has 5 aromatic rings. The number of rotatable bonds is 6. The van der Waals surface area contributed by atoms with E-state index in [-0.39, 0.29) is 4.90 Å². The smallest absolute Gasteiger partial charge is 0.258 e. The molecule has 0 atom stereocenters. The molecule has 8 nitrogen and oxygen atoms in total. The molecule has 5 rings (SSSR count). The largest absolute Gasteiger partial charge is 0.334 e. The van der Waals surface area contributed by atoms with Gasteiger partial charge in [-0.2, -0.15) is 4.98 Å². The van der Waals surface area contributed by atoms with Crippen LogP contribution in [0, 0.1) is 0 Å². The van der Waals surface area contributed by atoms with Gasteiger partial charge in [-0.15, -0.1) is 0 Å². The minimum absolute atomic E-state index is 0.170. The first kappa shape index (κ1) is 20.1. The van der Waals surface area contributed by atoms with Gasteiger partial charge in [0, 0.05) is 17.7 Å². The van der Waals surface area contributed by atoms with Gasteiger partial charge in [0.25, 0.3) is 5.89 Å². The van der Waals surface area contributed by atoms with Crippen LogP contribution >= 0.6 is 0 Å². The fraction of sp³-hybridized carbons (Fsp3) is 0.0870. The van der Waals surface area contributed by atoms with Crippen molar-refractivity contribution in [3.63, 3.8) is 0 Å². The van der Waals surface area contributed by atoms with Gasteiger partial charge in [0.05, 0.1) is 22.3 Å². The van der Waals surface area contributed by atoms with Gasteiger partial charge in [-0.25, -0.2) is 18.1 Å². The Bertz CT molecular complexity index is 1500. The average molecular weight is 446 g/mol. The average Bonchev–Trinajstić information content (AvgIpc) is 3.48. The van der Waals surface area contributed by atoms with E-state index in [0.29, 0.717) is 23.8 Å². The van der Waals surface area contributed by atoms with Crippen molar-refractivity contribution in [2.45, 2.75) is 11.4 Å². The summed E-state index contributed by atoms with van der Waals surface area (Å²) >= 11 is 0. The van der Waals surface area contributed by atoms with Gasteiger partial charge < -0.3 is 9.09 Å². The summed E-state index contributed by atoms with van der Waals surface area (Å²) in [6.45, 7) is 0.667. The Morgan fingerprint density at radius 3 is 2.59 bits per heavy atom. The third-order valence-corrected chi connectivity index (χ3v) is 6.60. The molecule has 0 fully saturated rings. The minimum Gasteiger partial charge on any atom is -0.334 e. The van der Waals surface area contributed by atoms with Crippen LogP contribution in [0.25, 0.3) is 33.9 Å². The molecule has 0 radical (unpaired) electrons. The van der Waals surface area contributed by atoms with E-state index >= 15 is 0 Å². The van der Waals surface area contributed by atoms with Crippen molar-refractivity contribution in [2.75, 3.05) is 7.05 Å². The molecule has 2 aromatic heterocycles. The number of nitrogens with zero attached hydrogens (tertiary/aromatic N) is 4. The Balaban J connectivity index is 1.40. The van der Waals surface area contributed by atoms with Gasteiger partial charge in [0.1, 0.15) is 0 Å². The van der Waals surface area contributed by atoms with Crippen LogP contribution in [0.15, 0.2) is 88.5 Å². The van der Waals surface area contributed by atoms with Gasteiger partial charge in [-0.3, -0.25) is 0 Å². The highest BCUT2D eigenvalue weighted by atomic mass is 32.2. The maximum absolute atomic E-state index is 11.9. The van der Waals surface area contributed by atoms with Crippen molar-refractivity contribution >= 4 is 21.1 Å². The highest BCUT2D eigenvalue weighted by Gasteiger charge is 2.14. The molecule has 0 aliphatic heterocycles. The molecule has 0 amide bonds. The zero-order valence-electron chi connectivity index (χ0n) is 17.1. The molecule has 2 heterocycles. The summed E-state index contributed by atoms with van der Waals surface area (Å²) in [5, 5.41) is 4.10. The lowest BCUT2D eigenvalue weighted by Gasteiger charge is -2.05. The zero-order valence-corrected chi connectivity index (χ0v) is 18.0. The number of hydrogen-bond donors (Lipinski definition) is 1. The molecule has 9 heteroatoms. The number of aromatic nitrogens is 4. The Labute approximate surface area is 184 Å². The van der Waals surface area contributed by atoms with E-state index in [1.54, 1.807) is 12.1 Å². The van der Waals surface area contributed by atoms with E-state index < -0.39 is 10.0 Å². The maximum Gasteiger partial charge on any atom is 0.258 e. The molecule has 0 aliphatic carbocycles. The molecule has 3 aromatic carbocycles. The highest BCUT2D eigenvalue weighted by molar-refractivity contribution is 7.89. The fourth-order valence-electron chi connectivity index (χ4n) is 3.49. The van der Waals surface area contributed by atoms with Crippen LogP contribution < -0.4 is 4.72 Å². The third-order valence-electron chi connectivity index (χ3n) is 5.17. The van der Waals surface area contributed by atoms with Crippen molar-refractivity contribution in [3.05, 3.63) is 84.7 Å². The van der Waals surface area contributed by atoms with Crippen molar-refractivity contribution in [3.8, 4) is 22.8 Å². The van der Waals surface area contributed by atoms with E-state index in [1.165, 1.54) is 19.2 Å². The normalized spacial score (nSPS) is 11.8. The summed E-state index contributed by atoms with van der Waals surface area (Å²) in [6.07, 6.45) is 1.84. The Morgan fingerprint density at radius 2 is 1.78 bits per heavy atom. The molecule has 160 valence electrons. The maximum atomic E-state index is 11.9. The number of hydrogen-bond acceptors (Lipinski definition) is 6. The van der Waals surface area contributed by atoms with E-state index in [9.17, 15) is 8.42 Å². The van der Waals surface area contributed by atoms with Crippen LogP contribution in [-0.4, -0.2) is 35.2 Å². The predicted molar refractivity (Wildman–Crippen MR) is 120 cm³/mol. The molecule has 0 unspecified atom stereocenters. The first-order valence-electron chi connectivity index (χ1n) is 9.90. The number of para-hydroxylation sites is 2. The molecule has 0 spiro atoms. The molecule has 1 N–H and O–H groups in total. The summed E-state index contributed by atoms with van der Waals surface area (Å²) in [5.41, 5.74) is 4.58. The van der Waals surface area contributed by atoms with Crippen LogP contribution in [0.3, 0.4) is 0 Å². The second-order valence-corrected chi connectivity index (χ2v) is 9.10. The molecule has 0 saturated carbocycles. The quantitative estimate of drug-likeness (QED) is 0.427. The monoisotopic (exact) mass is 445 g/mol. The molecular formula is C23H19N5O3S. The Morgan fingerprint density at radius 1 is 0.969 bits per heavy atom. The van der Waals surface area contributed by atoms with Crippen molar-refractivity contribution in [1.82, 2.24) is 24.4 Å². The van der Waals surface area contributed by atoms with Crippen LogP contribution in [-0.2, 0) is 16.6 Å². The Kier molecular flexibility index (Phi) is 5.04. The van der Waals surface area contributed by atoms with Crippen LogP contribution in [0.5, 0.6) is 0 Å². The standard InChI is InChI=1S/C23H19N5O3S/c1-24-32(29,30)19-11-9-17(10-12-19)23-26-22(27-31-23)18-6-4-5-16(13-18)14-28-15-25-20-7-2-3-8-21(20)28/h2-13,15,24H,14H2,1H3. The van der Waals surface area contributed by atoms with Crippen molar-refractivity contribution in [2.24, 2.45) is 0 Å². The molecule has 0 bridgehead atoms. The van der Waals surface area contributed by atoms with Gasteiger partial charge in [-0.1, -0.05) is 35.5 Å². The number of nitrogens with one attached hydrogen (secondary N) is 1. The summed E-state index contributed by atoms with van der Waals surface area (Å²) in [7, 11) is -2.13. The molecular weight excluding hydrogens is 426 g/mol. The van der Waals surface area contributed by atoms with Gasteiger partial charge in [0.15, 0.2) is 0 Å². The molecule has 0 aliphatic rings. The van der Waals surface area contributed by atoms with Gasteiger partial charge >= 0.3 is 0 Å². The lowest BCUT2D eigenvalue weighted by molar-refractivity contribution is 0.432. The van der Waals surface area contributed by atoms with E-state index in [1.807, 2.05) is 54.9 Å². The van der Waals surface area contributed by atoms with Gasteiger partial charge in [0.2, 0.25) is 15.8 Å². The van der Waals surface area contributed by atoms with Crippen LogP contribution in [0.1, 0.15) is 5.56 Å². The first-order chi connectivity index (χ1) is 15.5. The number of benzene rings is 3. The SMILES string of the molecule is CNS(=O)(=O)c1ccc(-c2nc(-c3cccc(Cn4cnc5ccccc54)c3)no2)cc1. The topological polar surface area (TPSA) is 103 Å². The van der Waals surface area contributed by atoms with Gasteiger partial charge in [-0.05, 0) is 55.1 Å². The highest BCUT2D eigenvalue weighted by Crippen LogP contribution is 2.24. The minimum atomic E-state index is -3.50. The van der Waals surface area contributed by atoms with E-state index in [4.69, 9.17) is 4.52 Å². The van der Waals surface area contributed by atoms with Crippen molar-refractivity contribution in [1.29, 1.82) is 0 Å². The van der Waals surface area contributed by atoms with Crippen LogP contribution in [0.4, 0.5) is 0 Å². The Hall–Kier alpha value is -3.82. The number of sulfonamides is 1. The summed E-state index contributed by atoms with van der Waals surface area (Å²) in [4.78, 5) is 9.10. The second-order valence-electron chi connectivity index (χ2n) is 7.22. The second kappa shape index (κ2) is 8.03. The summed E-state index contributed by atoms with van der Waals surface area (Å²) in [5.74, 6) is 0.781. The predicted octanol–water partition coefficient (Wildman–Crippen LogP) is 3.71. The zero-order chi connectivity index (χ0) is 22.1. The lowest BCUT2D eigenvalue weighted by Crippen LogP contribution is -2.18. The summed E-state index contributed by atoms with van der Waals surface area (Å²) < 4.78 is 33.6. The summed E-state index contributed by atoms with van der Waals surface area (Å²) in [6, 6.07) is 22.2. The number of fused-ring (bicyclic) bond motifs is 1. The van der Waals surface area contributed by atoms with E-state index in [2.05, 4.69) is 24.4 Å².